The van der Waals surface area contributed by atoms with Crippen molar-refractivity contribution in [2.45, 2.75) is 31.7 Å². The van der Waals surface area contributed by atoms with Crippen molar-refractivity contribution >= 4 is 43.2 Å². The van der Waals surface area contributed by atoms with Crippen LogP contribution in [0.15, 0.2) is 52.2 Å². The van der Waals surface area contributed by atoms with E-state index in [4.69, 9.17) is 4.74 Å². The van der Waals surface area contributed by atoms with Crippen LogP contribution in [0.4, 0.5) is 5.69 Å². The lowest BCUT2D eigenvalue weighted by Gasteiger charge is -2.09. The molecular formula is C19H20N2O5S2. The summed E-state index contributed by atoms with van der Waals surface area (Å²) in [6, 6.07) is 10.6. The number of carbonyl (C=O) groups is 1. The number of hydrogen-bond donors (Lipinski definition) is 1. The number of esters is 1. The number of aryl methyl sites for hydroxylation is 1. The van der Waals surface area contributed by atoms with Crippen LogP contribution in [0, 0.1) is 0 Å². The van der Waals surface area contributed by atoms with Crippen LogP contribution in [0.5, 0.6) is 0 Å². The summed E-state index contributed by atoms with van der Waals surface area (Å²) in [5.41, 5.74) is 1.40. The highest BCUT2D eigenvalue weighted by Gasteiger charge is 2.17. The molecule has 28 heavy (non-hydrogen) atoms. The number of hydrogen-bond acceptors (Lipinski definition) is 6. The number of nitrogens with one attached hydrogen (secondary N) is 1. The number of sulfonamides is 1. The number of fused-ring (bicyclic) bond motifs is 1. The zero-order valence-electron chi connectivity index (χ0n) is 15.5. The van der Waals surface area contributed by atoms with E-state index in [2.05, 4.69) is 4.72 Å². The quantitative estimate of drug-likeness (QED) is 0.591. The van der Waals surface area contributed by atoms with Gasteiger partial charge in [0.25, 0.3) is 10.0 Å². The number of anilines is 1. The lowest BCUT2D eigenvalue weighted by molar-refractivity contribution is 0.0526. The summed E-state index contributed by atoms with van der Waals surface area (Å²) >= 11 is 1.03. The Morgan fingerprint density at radius 3 is 2.50 bits per heavy atom. The molecule has 2 aromatic carbocycles. The second-order valence-electron chi connectivity index (χ2n) is 6.05. The van der Waals surface area contributed by atoms with E-state index in [-0.39, 0.29) is 16.4 Å². The molecule has 0 unspecified atom stereocenters. The van der Waals surface area contributed by atoms with E-state index in [9.17, 15) is 18.0 Å². The number of nitrogens with zero attached hydrogens (tertiary/aromatic N) is 1. The largest absolute Gasteiger partial charge is 0.462 e. The van der Waals surface area contributed by atoms with E-state index in [1.807, 2.05) is 6.92 Å². The minimum absolute atomic E-state index is 0.0689. The topological polar surface area (TPSA) is 94.5 Å². The van der Waals surface area contributed by atoms with E-state index in [1.54, 1.807) is 17.6 Å². The fourth-order valence-corrected chi connectivity index (χ4v) is 4.87. The molecule has 1 aromatic heterocycles. The van der Waals surface area contributed by atoms with Gasteiger partial charge >= 0.3 is 10.8 Å². The minimum atomic E-state index is -3.83. The molecule has 0 amide bonds. The van der Waals surface area contributed by atoms with E-state index in [0.29, 0.717) is 22.5 Å². The molecule has 148 valence electrons. The number of ether oxygens (including phenoxy) is 1. The Kier molecular flexibility index (Phi) is 5.85. The third kappa shape index (κ3) is 4.10. The van der Waals surface area contributed by atoms with Gasteiger partial charge in [0.15, 0.2) is 0 Å². The predicted octanol–water partition coefficient (Wildman–Crippen LogP) is 3.45. The second kappa shape index (κ2) is 8.15. The lowest BCUT2D eigenvalue weighted by Crippen LogP contribution is -2.13. The Balaban J connectivity index is 1.86. The lowest BCUT2D eigenvalue weighted by atomic mass is 10.2. The van der Waals surface area contributed by atoms with Crippen molar-refractivity contribution in [2.75, 3.05) is 11.3 Å². The third-order valence-corrected chi connectivity index (χ3v) is 6.37. The summed E-state index contributed by atoms with van der Waals surface area (Å²) < 4.78 is 35.1. The Bertz CT molecular complexity index is 1160. The van der Waals surface area contributed by atoms with E-state index >= 15 is 0 Å². The number of rotatable bonds is 7. The van der Waals surface area contributed by atoms with Crippen LogP contribution in [0.1, 0.15) is 30.6 Å². The van der Waals surface area contributed by atoms with Gasteiger partial charge in [-0.15, -0.1) is 0 Å². The Morgan fingerprint density at radius 2 is 1.86 bits per heavy atom. The van der Waals surface area contributed by atoms with Gasteiger partial charge in [0.05, 0.1) is 27.3 Å². The molecule has 0 spiro atoms. The Hall–Kier alpha value is -2.65. The molecule has 1 N–H and O–H groups in total. The summed E-state index contributed by atoms with van der Waals surface area (Å²) in [5.74, 6) is -0.464. The Morgan fingerprint density at radius 1 is 1.14 bits per heavy atom. The van der Waals surface area contributed by atoms with Gasteiger partial charge in [-0.25, -0.2) is 13.2 Å². The fraction of sp³-hybridized carbons (Fsp3) is 0.263. The summed E-state index contributed by atoms with van der Waals surface area (Å²) in [5, 5.41) is 0. The molecular weight excluding hydrogens is 400 g/mol. The van der Waals surface area contributed by atoms with Crippen LogP contribution in [0.2, 0.25) is 0 Å². The van der Waals surface area contributed by atoms with E-state index in [0.717, 1.165) is 23.3 Å². The molecule has 0 saturated heterocycles. The van der Waals surface area contributed by atoms with E-state index < -0.39 is 16.0 Å². The summed E-state index contributed by atoms with van der Waals surface area (Å²) in [7, 11) is -3.83. The summed E-state index contributed by atoms with van der Waals surface area (Å²) in [6.07, 6.45) is 0.815. The van der Waals surface area contributed by atoms with Gasteiger partial charge in [-0.05, 0) is 55.8 Å². The van der Waals surface area contributed by atoms with Crippen LogP contribution in [-0.4, -0.2) is 25.6 Å². The molecule has 9 heteroatoms. The maximum absolute atomic E-state index is 12.7. The molecule has 0 aliphatic heterocycles. The van der Waals surface area contributed by atoms with Crippen molar-refractivity contribution in [3.05, 3.63) is 57.7 Å². The first-order valence-electron chi connectivity index (χ1n) is 8.79. The van der Waals surface area contributed by atoms with Crippen molar-refractivity contribution < 1.29 is 17.9 Å². The molecule has 0 atom stereocenters. The zero-order chi connectivity index (χ0) is 20.3. The van der Waals surface area contributed by atoms with Gasteiger partial charge < -0.3 is 4.74 Å². The van der Waals surface area contributed by atoms with Crippen molar-refractivity contribution in [1.82, 2.24) is 4.57 Å². The maximum Gasteiger partial charge on any atom is 0.338 e. The number of benzene rings is 2. The zero-order valence-corrected chi connectivity index (χ0v) is 17.1. The highest BCUT2D eigenvalue weighted by Crippen LogP contribution is 2.24. The molecule has 0 aliphatic rings. The minimum Gasteiger partial charge on any atom is -0.462 e. The van der Waals surface area contributed by atoms with Gasteiger partial charge in [-0.1, -0.05) is 18.3 Å². The first-order valence-corrected chi connectivity index (χ1v) is 11.1. The standard InChI is InChI=1S/C19H20N2O5S2/c1-3-11-21-16-10-9-15(12-17(16)27-19(21)23)28(24,25)20-14-7-5-13(6-8-14)18(22)26-4-2/h5-10,12,20H,3-4,11H2,1-2H3. The number of aromatic nitrogens is 1. The molecule has 7 nitrogen and oxygen atoms in total. The van der Waals surface area contributed by atoms with Gasteiger partial charge in [0, 0.05) is 12.2 Å². The van der Waals surface area contributed by atoms with Crippen LogP contribution in [0.3, 0.4) is 0 Å². The maximum atomic E-state index is 12.7. The van der Waals surface area contributed by atoms with Crippen molar-refractivity contribution in [3.63, 3.8) is 0 Å². The molecule has 3 aromatic rings. The fourth-order valence-electron chi connectivity index (χ4n) is 2.75. The van der Waals surface area contributed by atoms with Crippen LogP contribution in [-0.2, 0) is 21.3 Å². The first kappa shape index (κ1) is 20.1. The van der Waals surface area contributed by atoms with Crippen LogP contribution in [0.25, 0.3) is 10.2 Å². The van der Waals surface area contributed by atoms with Gasteiger partial charge in [-0.2, -0.15) is 0 Å². The molecule has 0 saturated carbocycles. The smallest absolute Gasteiger partial charge is 0.338 e. The van der Waals surface area contributed by atoms with Crippen LogP contribution >= 0.6 is 11.3 Å². The molecule has 1 heterocycles. The average Bonchev–Trinajstić information content (AvgIpc) is 2.97. The molecule has 0 fully saturated rings. The molecule has 0 bridgehead atoms. The average molecular weight is 421 g/mol. The Labute approximate surface area is 166 Å². The monoisotopic (exact) mass is 420 g/mol. The van der Waals surface area contributed by atoms with Gasteiger partial charge in [0.1, 0.15) is 0 Å². The summed E-state index contributed by atoms with van der Waals surface area (Å²) in [6.45, 7) is 4.55. The molecule has 3 rings (SSSR count). The molecule has 0 aliphatic carbocycles. The third-order valence-electron chi connectivity index (χ3n) is 4.05. The van der Waals surface area contributed by atoms with Crippen molar-refractivity contribution in [1.29, 1.82) is 0 Å². The predicted molar refractivity (Wildman–Crippen MR) is 110 cm³/mol. The second-order valence-corrected chi connectivity index (χ2v) is 8.73. The van der Waals surface area contributed by atoms with Gasteiger partial charge in [-0.3, -0.25) is 14.1 Å². The molecule has 0 radical (unpaired) electrons. The summed E-state index contributed by atoms with van der Waals surface area (Å²) in [4.78, 5) is 23.7. The van der Waals surface area contributed by atoms with Crippen molar-refractivity contribution in [2.24, 2.45) is 0 Å². The highest BCUT2D eigenvalue weighted by atomic mass is 32.2. The normalized spacial score (nSPS) is 11.5. The van der Waals surface area contributed by atoms with Gasteiger partial charge in [0.2, 0.25) is 0 Å². The number of carbonyl (C=O) groups excluding carboxylic acids is 1. The van der Waals surface area contributed by atoms with Crippen molar-refractivity contribution in [3.8, 4) is 0 Å². The highest BCUT2D eigenvalue weighted by molar-refractivity contribution is 7.92. The van der Waals surface area contributed by atoms with E-state index in [1.165, 1.54) is 36.4 Å². The first-order chi connectivity index (χ1) is 13.4. The number of thiazole rings is 1. The van der Waals surface area contributed by atoms with Crippen LogP contribution < -0.4 is 9.60 Å². The SMILES string of the molecule is CCCn1c(=O)sc2cc(S(=O)(=O)Nc3ccc(C(=O)OCC)cc3)ccc21.